The standard InChI is InChI=1S/C27H32N2O5S/c1-5-28(6-2)21-9-7-20(8-10-21)16-29(22-11-12-35(32,33)17-22)27(31)25-15-24(30)23-14-18(3)13-19(4)26(23)34-25/h7-10,13-15,22H,5-6,11-12,16-17H2,1-4H3. The molecule has 0 N–H and O–H groups in total. The number of hydrogen-bond donors (Lipinski definition) is 0. The molecule has 3 aromatic rings. The third kappa shape index (κ3) is 5.27. The van der Waals surface area contributed by atoms with Crippen molar-refractivity contribution in [1.82, 2.24) is 4.90 Å². The van der Waals surface area contributed by atoms with Crippen molar-refractivity contribution in [2.45, 2.75) is 46.7 Å². The zero-order valence-electron chi connectivity index (χ0n) is 20.7. The van der Waals surface area contributed by atoms with Gasteiger partial charge in [0, 0.05) is 37.4 Å². The molecule has 2 aromatic carbocycles. The van der Waals surface area contributed by atoms with E-state index in [0.717, 1.165) is 35.5 Å². The van der Waals surface area contributed by atoms with Crippen molar-refractivity contribution in [2.75, 3.05) is 29.5 Å². The lowest BCUT2D eigenvalue weighted by molar-refractivity contribution is 0.0648. The van der Waals surface area contributed by atoms with Crippen LogP contribution in [0.1, 0.15) is 47.5 Å². The molecule has 8 heteroatoms. The van der Waals surface area contributed by atoms with Crippen LogP contribution in [-0.2, 0) is 16.4 Å². The Balaban J connectivity index is 1.71. The van der Waals surface area contributed by atoms with Crippen molar-refractivity contribution in [3.05, 3.63) is 75.1 Å². The van der Waals surface area contributed by atoms with Gasteiger partial charge in [-0.1, -0.05) is 18.2 Å². The van der Waals surface area contributed by atoms with E-state index in [2.05, 4.69) is 18.7 Å². The lowest BCUT2D eigenvalue weighted by Crippen LogP contribution is -2.41. The molecule has 0 aliphatic carbocycles. The highest BCUT2D eigenvalue weighted by molar-refractivity contribution is 7.91. The van der Waals surface area contributed by atoms with Gasteiger partial charge in [0.1, 0.15) is 5.58 Å². The monoisotopic (exact) mass is 496 g/mol. The second-order valence-corrected chi connectivity index (χ2v) is 11.5. The minimum atomic E-state index is -3.22. The van der Waals surface area contributed by atoms with E-state index in [1.165, 1.54) is 6.07 Å². The maximum Gasteiger partial charge on any atom is 0.290 e. The predicted octanol–water partition coefficient (Wildman–Crippen LogP) is 4.09. The highest BCUT2D eigenvalue weighted by Crippen LogP contribution is 2.25. The summed E-state index contributed by atoms with van der Waals surface area (Å²) in [6.07, 6.45) is 0.363. The summed E-state index contributed by atoms with van der Waals surface area (Å²) in [7, 11) is -3.22. The van der Waals surface area contributed by atoms with Crippen molar-refractivity contribution < 1.29 is 17.6 Å². The number of anilines is 1. The minimum Gasteiger partial charge on any atom is -0.450 e. The molecule has 0 saturated carbocycles. The van der Waals surface area contributed by atoms with E-state index in [4.69, 9.17) is 4.42 Å². The van der Waals surface area contributed by atoms with Gasteiger partial charge in [0.25, 0.3) is 5.91 Å². The van der Waals surface area contributed by atoms with Crippen LogP contribution in [0.4, 0.5) is 5.69 Å². The molecular weight excluding hydrogens is 464 g/mol. The van der Waals surface area contributed by atoms with E-state index >= 15 is 0 Å². The Morgan fingerprint density at radius 1 is 1.06 bits per heavy atom. The summed E-state index contributed by atoms with van der Waals surface area (Å²) >= 11 is 0. The van der Waals surface area contributed by atoms with E-state index in [-0.39, 0.29) is 29.2 Å². The summed E-state index contributed by atoms with van der Waals surface area (Å²) in [5.41, 5.74) is 3.78. The summed E-state index contributed by atoms with van der Waals surface area (Å²) in [6.45, 7) is 9.94. The molecule has 1 aliphatic heterocycles. The van der Waals surface area contributed by atoms with Gasteiger partial charge in [-0.25, -0.2) is 8.42 Å². The summed E-state index contributed by atoms with van der Waals surface area (Å²) in [6, 6.07) is 12.3. The lowest BCUT2D eigenvalue weighted by Gasteiger charge is -2.28. The lowest BCUT2D eigenvalue weighted by atomic mass is 10.1. The van der Waals surface area contributed by atoms with Crippen LogP contribution in [0.3, 0.4) is 0 Å². The minimum absolute atomic E-state index is 0.0440. The highest BCUT2D eigenvalue weighted by Gasteiger charge is 2.36. The Bertz CT molecular complexity index is 1410. The number of sulfone groups is 1. The maximum absolute atomic E-state index is 13.7. The number of nitrogens with zero attached hydrogens (tertiary/aromatic N) is 2. The molecule has 1 fully saturated rings. The van der Waals surface area contributed by atoms with Gasteiger partial charge in [-0.15, -0.1) is 0 Å². The highest BCUT2D eigenvalue weighted by atomic mass is 32.2. The molecular formula is C27H32N2O5S. The normalized spacial score (nSPS) is 17.0. The second kappa shape index (κ2) is 9.85. The first-order valence-electron chi connectivity index (χ1n) is 12.0. The van der Waals surface area contributed by atoms with E-state index in [1.807, 2.05) is 44.2 Å². The van der Waals surface area contributed by atoms with Gasteiger partial charge >= 0.3 is 0 Å². The van der Waals surface area contributed by atoms with Crippen molar-refractivity contribution in [2.24, 2.45) is 0 Å². The molecule has 1 atom stereocenters. The largest absolute Gasteiger partial charge is 0.450 e. The fourth-order valence-electron chi connectivity index (χ4n) is 4.84. The van der Waals surface area contributed by atoms with E-state index in [1.54, 1.807) is 11.0 Å². The molecule has 4 rings (SSSR count). The zero-order valence-corrected chi connectivity index (χ0v) is 21.5. The van der Waals surface area contributed by atoms with Crippen LogP contribution in [0.2, 0.25) is 0 Å². The van der Waals surface area contributed by atoms with Crippen LogP contribution >= 0.6 is 0 Å². The van der Waals surface area contributed by atoms with Gasteiger partial charge in [-0.2, -0.15) is 0 Å². The summed E-state index contributed by atoms with van der Waals surface area (Å²) in [4.78, 5) is 30.3. The summed E-state index contributed by atoms with van der Waals surface area (Å²) in [5.74, 6) is -0.591. The van der Waals surface area contributed by atoms with E-state index < -0.39 is 21.8 Å². The van der Waals surface area contributed by atoms with E-state index in [9.17, 15) is 18.0 Å². The first kappa shape index (κ1) is 25.0. The molecule has 1 aromatic heterocycles. The number of fused-ring (bicyclic) bond motifs is 1. The third-order valence-corrected chi connectivity index (χ3v) is 8.45. The molecule has 1 aliphatic rings. The average Bonchev–Trinajstić information content (AvgIpc) is 3.18. The Labute approximate surface area is 206 Å². The fraction of sp³-hybridized carbons (Fsp3) is 0.407. The van der Waals surface area contributed by atoms with Crippen molar-refractivity contribution in [1.29, 1.82) is 0 Å². The molecule has 0 spiro atoms. The fourth-order valence-corrected chi connectivity index (χ4v) is 6.57. The van der Waals surface area contributed by atoms with E-state index in [0.29, 0.717) is 17.4 Å². The Kier molecular flexibility index (Phi) is 7.03. The Morgan fingerprint density at radius 3 is 2.34 bits per heavy atom. The second-order valence-electron chi connectivity index (χ2n) is 9.26. The smallest absolute Gasteiger partial charge is 0.290 e. The van der Waals surface area contributed by atoms with Crippen molar-refractivity contribution in [3.8, 4) is 0 Å². The van der Waals surface area contributed by atoms with Gasteiger partial charge < -0.3 is 14.2 Å². The molecule has 1 unspecified atom stereocenters. The Hall–Kier alpha value is -3.13. The predicted molar refractivity (Wildman–Crippen MR) is 139 cm³/mol. The molecule has 1 saturated heterocycles. The van der Waals surface area contributed by atoms with Crippen molar-refractivity contribution in [3.63, 3.8) is 0 Å². The Morgan fingerprint density at radius 2 is 1.74 bits per heavy atom. The first-order chi connectivity index (χ1) is 16.6. The van der Waals surface area contributed by atoms with Crippen LogP contribution in [0.15, 0.2) is 51.7 Å². The topological polar surface area (TPSA) is 87.9 Å². The van der Waals surface area contributed by atoms with Crippen LogP contribution in [0, 0.1) is 13.8 Å². The molecule has 1 amide bonds. The van der Waals surface area contributed by atoms with Crippen LogP contribution < -0.4 is 10.3 Å². The number of amides is 1. The van der Waals surface area contributed by atoms with Crippen molar-refractivity contribution >= 4 is 32.4 Å². The number of aryl methyl sites for hydroxylation is 2. The van der Waals surface area contributed by atoms with Gasteiger partial charge in [0.15, 0.2) is 21.0 Å². The maximum atomic E-state index is 13.7. The van der Waals surface area contributed by atoms with Crippen LogP contribution in [-0.4, -0.2) is 49.9 Å². The van der Waals surface area contributed by atoms with Crippen LogP contribution in [0.25, 0.3) is 11.0 Å². The number of hydrogen-bond acceptors (Lipinski definition) is 6. The van der Waals surface area contributed by atoms with Gasteiger partial charge in [-0.05, 0) is 69.0 Å². The third-order valence-electron chi connectivity index (χ3n) is 6.70. The number of benzene rings is 2. The summed E-state index contributed by atoms with van der Waals surface area (Å²) < 4.78 is 30.4. The molecule has 35 heavy (non-hydrogen) atoms. The average molecular weight is 497 g/mol. The number of rotatable bonds is 7. The zero-order chi connectivity index (χ0) is 25.3. The first-order valence-corrected chi connectivity index (χ1v) is 13.8. The van der Waals surface area contributed by atoms with Gasteiger partial charge in [-0.3, -0.25) is 9.59 Å². The summed E-state index contributed by atoms with van der Waals surface area (Å²) in [5, 5.41) is 0.432. The molecule has 7 nitrogen and oxygen atoms in total. The molecule has 0 bridgehead atoms. The van der Waals surface area contributed by atoms with Gasteiger partial charge in [0.05, 0.1) is 16.9 Å². The quantitative estimate of drug-likeness (QED) is 0.490. The number of carbonyl (C=O) groups excluding carboxylic acids is 1. The molecule has 0 radical (unpaired) electrons. The number of carbonyl (C=O) groups is 1. The molecule has 186 valence electrons. The van der Waals surface area contributed by atoms with Crippen LogP contribution in [0.5, 0.6) is 0 Å². The SMILES string of the molecule is CCN(CC)c1ccc(CN(C(=O)c2cc(=O)c3cc(C)cc(C)c3o2)C2CCS(=O)(=O)C2)cc1. The van der Waals surface area contributed by atoms with Gasteiger partial charge in [0.2, 0.25) is 0 Å². The molecule has 2 heterocycles.